The second-order valence-electron chi connectivity index (χ2n) is 7.41. The normalized spacial score (nSPS) is 11.3. The van der Waals surface area contributed by atoms with E-state index < -0.39 is 0 Å². The molecule has 0 saturated carbocycles. The van der Waals surface area contributed by atoms with Crippen molar-refractivity contribution >= 4 is 33.7 Å². The summed E-state index contributed by atoms with van der Waals surface area (Å²) in [4.78, 5) is 31.1. The monoisotopic (exact) mass is 446 g/mol. The summed E-state index contributed by atoms with van der Waals surface area (Å²) in [5, 5.41) is 1.02. The van der Waals surface area contributed by atoms with Crippen LogP contribution in [0.25, 0.3) is 22.1 Å². The van der Waals surface area contributed by atoms with Gasteiger partial charge in [0.15, 0.2) is 11.2 Å². The van der Waals surface area contributed by atoms with Crippen molar-refractivity contribution in [2.75, 3.05) is 7.11 Å². The van der Waals surface area contributed by atoms with E-state index in [9.17, 15) is 4.79 Å². The van der Waals surface area contributed by atoms with E-state index in [1.807, 2.05) is 55.5 Å². The summed E-state index contributed by atoms with van der Waals surface area (Å²) in [6, 6.07) is 15.4. The van der Waals surface area contributed by atoms with Crippen LogP contribution in [0.4, 0.5) is 0 Å². The van der Waals surface area contributed by atoms with Crippen molar-refractivity contribution < 1.29 is 4.74 Å². The number of nitrogens with zero attached hydrogens (tertiary/aromatic N) is 6. The number of hydrogen-bond acceptors (Lipinski definition) is 6. The zero-order chi connectivity index (χ0) is 22.2. The smallest absolute Gasteiger partial charge is 0.281 e. The maximum atomic E-state index is 13.4. The summed E-state index contributed by atoms with van der Waals surface area (Å²) in [7, 11) is 1.62. The molecule has 0 spiro atoms. The van der Waals surface area contributed by atoms with Gasteiger partial charge in [0.05, 0.1) is 25.5 Å². The molecule has 32 heavy (non-hydrogen) atoms. The SMILES string of the molecule is COc1ccc(Cn2cnc3nc(Cl)n(Cc4nc(C)c5ccccc5n4)c(=O)c32)cc1. The fourth-order valence-corrected chi connectivity index (χ4v) is 3.94. The molecule has 0 atom stereocenters. The first-order chi connectivity index (χ1) is 15.5. The lowest BCUT2D eigenvalue weighted by atomic mass is 10.2. The zero-order valence-corrected chi connectivity index (χ0v) is 18.2. The van der Waals surface area contributed by atoms with Gasteiger partial charge in [0.2, 0.25) is 5.28 Å². The average molecular weight is 447 g/mol. The Morgan fingerprint density at radius 1 is 1.00 bits per heavy atom. The van der Waals surface area contributed by atoms with E-state index in [0.29, 0.717) is 23.5 Å². The number of imidazole rings is 1. The lowest BCUT2D eigenvalue weighted by molar-refractivity contribution is 0.414. The van der Waals surface area contributed by atoms with Gasteiger partial charge in [-0.05, 0) is 42.3 Å². The molecule has 160 valence electrons. The molecule has 0 amide bonds. The minimum Gasteiger partial charge on any atom is -0.497 e. The lowest BCUT2D eigenvalue weighted by Gasteiger charge is -2.10. The Labute approximate surface area is 188 Å². The summed E-state index contributed by atoms with van der Waals surface area (Å²) in [6.07, 6.45) is 1.60. The predicted octanol–water partition coefficient (Wildman–Crippen LogP) is 3.60. The van der Waals surface area contributed by atoms with Crippen molar-refractivity contribution in [3.8, 4) is 5.75 Å². The maximum Gasteiger partial charge on any atom is 0.281 e. The van der Waals surface area contributed by atoms with Gasteiger partial charge >= 0.3 is 0 Å². The molecule has 0 saturated heterocycles. The van der Waals surface area contributed by atoms with Gasteiger partial charge in [0.1, 0.15) is 11.6 Å². The van der Waals surface area contributed by atoms with Crippen LogP contribution >= 0.6 is 11.6 Å². The molecule has 0 aliphatic rings. The number of rotatable bonds is 5. The maximum absolute atomic E-state index is 13.4. The van der Waals surface area contributed by atoms with Crippen molar-refractivity contribution in [2.24, 2.45) is 0 Å². The molecule has 0 unspecified atom stereocenters. The fourth-order valence-electron chi connectivity index (χ4n) is 3.72. The molecule has 0 bridgehead atoms. The van der Waals surface area contributed by atoms with Crippen molar-refractivity contribution in [2.45, 2.75) is 20.0 Å². The Kier molecular flexibility index (Phi) is 5.07. The number of methoxy groups -OCH3 is 1. The standard InChI is InChI=1S/C23H19ClN6O2/c1-14-17-5-3-4-6-18(17)27-19(26-14)12-30-22(31)20-21(28-23(30)24)25-13-29(20)11-15-7-9-16(32-2)10-8-15/h3-10,13H,11-12H2,1-2H3. The molecule has 5 aromatic rings. The van der Waals surface area contributed by atoms with E-state index in [2.05, 4.69) is 19.9 Å². The summed E-state index contributed by atoms with van der Waals surface area (Å²) in [6.45, 7) is 2.49. The van der Waals surface area contributed by atoms with Gasteiger partial charge in [0.25, 0.3) is 5.56 Å². The van der Waals surface area contributed by atoms with E-state index in [1.165, 1.54) is 4.57 Å². The predicted molar refractivity (Wildman–Crippen MR) is 122 cm³/mol. The van der Waals surface area contributed by atoms with Crippen LogP contribution in [0, 0.1) is 6.92 Å². The number of aryl methyl sites for hydroxylation is 1. The molecule has 0 aliphatic carbocycles. The average Bonchev–Trinajstić information content (AvgIpc) is 3.19. The molecule has 2 aromatic carbocycles. The Morgan fingerprint density at radius 3 is 2.56 bits per heavy atom. The highest BCUT2D eigenvalue weighted by atomic mass is 35.5. The van der Waals surface area contributed by atoms with Gasteiger partial charge in [-0.2, -0.15) is 4.98 Å². The molecular formula is C23H19ClN6O2. The molecule has 0 N–H and O–H groups in total. The highest BCUT2D eigenvalue weighted by Crippen LogP contribution is 2.18. The van der Waals surface area contributed by atoms with E-state index >= 15 is 0 Å². The third-order valence-electron chi connectivity index (χ3n) is 5.34. The van der Waals surface area contributed by atoms with Crippen LogP contribution in [0.3, 0.4) is 0 Å². The van der Waals surface area contributed by atoms with Crippen LogP contribution in [-0.4, -0.2) is 36.2 Å². The molecule has 0 radical (unpaired) electrons. The number of aromatic nitrogens is 6. The third-order valence-corrected chi connectivity index (χ3v) is 5.63. The van der Waals surface area contributed by atoms with E-state index in [1.54, 1.807) is 18.0 Å². The van der Waals surface area contributed by atoms with E-state index in [4.69, 9.17) is 16.3 Å². The van der Waals surface area contributed by atoms with E-state index in [0.717, 1.165) is 27.9 Å². The number of fused-ring (bicyclic) bond motifs is 2. The van der Waals surface area contributed by atoms with Crippen LogP contribution in [0.2, 0.25) is 5.28 Å². The number of benzene rings is 2. The van der Waals surface area contributed by atoms with Crippen LogP contribution < -0.4 is 10.3 Å². The second kappa shape index (κ2) is 8.05. The largest absolute Gasteiger partial charge is 0.497 e. The summed E-state index contributed by atoms with van der Waals surface area (Å²) < 4.78 is 8.35. The lowest BCUT2D eigenvalue weighted by Crippen LogP contribution is -2.25. The molecule has 0 fully saturated rings. The number of para-hydroxylation sites is 1. The van der Waals surface area contributed by atoms with Gasteiger partial charge in [-0.3, -0.25) is 9.36 Å². The quantitative estimate of drug-likeness (QED) is 0.383. The topological polar surface area (TPSA) is 87.7 Å². The Morgan fingerprint density at radius 2 is 1.78 bits per heavy atom. The Balaban J connectivity index is 1.55. The third kappa shape index (κ3) is 3.58. The molecule has 3 heterocycles. The summed E-state index contributed by atoms with van der Waals surface area (Å²) in [5.74, 6) is 1.26. The first kappa shape index (κ1) is 20.1. The van der Waals surface area contributed by atoms with Crippen LogP contribution in [0.15, 0.2) is 59.7 Å². The molecule has 8 nitrogen and oxygen atoms in total. The van der Waals surface area contributed by atoms with Gasteiger partial charge in [-0.1, -0.05) is 30.3 Å². The minimum atomic E-state index is -0.291. The van der Waals surface area contributed by atoms with Crippen molar-refractivity contribution in [1.82, 2.24) is 29.1 Å². The minimum absolute atomic E-state index is 0.0478. The fraction of sp³-hybridized carbons (Fsp3) is 0.174. The van der Waals surface area contributed by atoms with Gasteiger partial charge in [0, 0.05) is 17.6 Å². The van der Waals surface area contributed by atoms with Gasteiger partial charge in [-0.25, -0.2) is 15.0 Å². The Hall–Kier alpha value is -3.78. The van der Waals surface area contributed by atoms with Crippen LogP contribution in [-0.2, 0) is 13.1 Å². The van der Waals surface area contributed by atoms with Gasteiger partial charge in [-0.15, -0.1) is 0 Å². The first-order valence-corrected chi connectivity index (χ1v) is 10.4. The van der Waals surface area contributed by atoms with Crippen molar-refractivity contribution in [3.63, 3.8) is 0 Å². The number of hydrogen-bond donors (Lipinski definition) is 0. The zero-order valence-electron chi connectivity index (χ0n) is 17.5. The highest BCUT2D eigenvalue weighted by molar-refractivity contribution is 6.28. The van der Waals surface area contributed by atoms with Gasteiger partial charge < -0.3 is 9.30 Å². The van der Waals surface area contributed by atoms with Crippen molar-refractivity contribution in [1.29, 1.82) is 0 Å². The molecule has 5 rings (SSSR count). The first-order valence-electron chi connectivity index (χ1n) is 10.00. The summed E-state index contributed by atoms with van der Waals surface area (Å²) in [5.41, 5.74) is 3.05. The van der Waals surface area contributed by atoms with E-state index in [-0.39, 0.29) is 17.4 Å². The molecule has 0 aliphatic heterocycles. The molecule has 3 aromatic heterocycles. The highest BCUT2D eigenvalue weighted by Gasteiger charge is 2.17. The van der Waals surface area contributed by atoms with Crippen LogP contribution in [0.1, 0.15) is 17.1 Å². The number of ether oxygens (including phenoxy) is 1. The second-order valence-corrected chi connectivity index (χ2v) is 7.75. The molecular weight excluding hydrogens is 428 g/mol. The summed E-state index contributed by atoms with van der Waals surface area (Å²) >= 11 is 6.35. The van der Waals surface area contributed by atoms with Crippen LogP contribution in [0.5, 0.6) is 5.75 Å². The Bertz CT molecular complexity index is 1510. The number of halogens is 1. The molecule has 9 heteroatoms. The van der Waals surface area contributed by atoms with Crippen molar-refractivity contribution in [3.05, 3.63) is 87.6 Å².